The second kappa shape index (κ2) is 12.0. The summed E-state index contributed by atoms with van der Waals surface area (Å²) in [7, 11) is 0. The number of alkyl halides is 3. The van der Waals surface area contributed by atoms with Crippen molar-refractivity contribution in [2.45, 2.75) is 64.9 Å². The number of rotatable bonds is 6. The minimum atomic E-state index is -4.86. The predicted molar refractivity (Wildman–Crippen MR) is 113 cm³/mol. The SMILES string of the molecule is CC(C)(C)OC=O.CCC(c1ccc([C@H](C)NC(=O)C(F)(F)F)cc1)N1CCNCC1. The molecule has 1 aliphatic rings. The topological polar surface area (TPSA) is 70.7 Å². The number of halogens is 3. The third-order valence-electron chi connectivity index (χ3n) is 4.81. The van der Waals surface area contributed by atoms with Gasteiger partial charge in [0.25, 0.3) is 6.47 Å². The maximum atomic E-state index is 12.3. The molecule has 0 saturated carbocycles. The van der Waals surface area contributed by atoms with Crippen LogP contribution in [0.25, 0.3) is 0 Å². The van der Waals surface area contributed by atoms with Crippen LogP contribution in [0.5, 0.6) is 0 Å². The Morgan fingerprint density at radius 2 is 1.68 bits per heavy atom. The normalized spacial score (nSPS) is 17.0. The maximum Gasteiger partial charge on any atom is 0.471 e. The summed E-state index contributed by atoms with van der Waals surface area (Å²) in [6, 6.07) is 7.10. The highest BCUT2D eigenvalue weighted by Crippen LogP contribution is 2.26. The molecule has 1 unspecified atom stereocenters. The molecule has 6 nitrogen and oxygen atoms in total. The molecule has 0 spiro atoms. The first-order chi connectivity index (χ1) is 14.4. The predicted octanol–water partition coefficient (Wildman–Crippen LogP) is 3.74. The van der Waals surface area contributed by atoms with Crippen LogP contribution < -0.4 is 10.6 Å². The molecule has 2 atom stereocenters. The van der Waals surface area contributed by atoms with Crippen molar-refractivity contribution >= 4 is 12.4 Å². The van der Waals surface area contributed by atoms with Gasteiger partial charge in [-0.25, -0.2) is 0 Å². The summed E-state index contributed by atoms with van der Waals surface area (Å²) in [6.45, 7) is 13.5. The van der Waals surface area contributed by atoms with E-state index in [2.05, 4.69) is 21.9 Å². The standard InChI is InChI=1S/C17H24F3N3O.C5H10O2/c1-3-15(23-10-8-21-9-11-23)14-6-4-13(5-7-14)12(2)22-16(24)17(18,19)20;1-5(2,3)7-4-6/h4-7,12,15,21H,3,8-11H2,1-2H3,(H,22,24);4H,1-3H3/t12-,15?;/m0./s1. The smallest absolute Gasteiger partial charge is 0.462 e. The Morgan fingerprint density at radius 3 is 2.06 bits per heavy atom. The number of nitrogens with zero attached hydrogens (tertiary/aromatic N) is 1. The number of piperazine rings is 1. The molecule has 1 fully saturated rings. The summed E-state index contributed by atoms with van der Waals surface area (Å²) >= 11 is 0. The lowest BCUT2D eigenvalue weighted by Crippen LogP contribution is -2.45. The van der Waals surface area contributed by atoms with Gasteiger partial charge in [-0.05, 0) is 45.2 Å². The summed E-state index contributed by atoms with van der Waals surface area (Å²) in [4.78, 5) is 23.0. The van der Waals surface area contributed by atoms with Gasteiger partial charge >= 0.3 is 12.1 Å². The number of carbonyl (C=O) groups is 2. The van der Waals surface area contributed by atoms with Crippen LogP contribution in [0.3, 0.4) is 0 Å². The number of nitrogens with one attached hydrogen (secondary N) is 2. The van der Waals surface area contributed by atoms with E-state index < -0.39 is 18.1 Å². The Morgan fingerprint density at radius 1 is 1.16 bits per heavy atom. The minimum Gasteiger partial charge on any atom is -0.462 e. The number of amides is 1. The lowest BCUT2D eigenvalue weighted by molar-refractivity contribution is -0.174. The van der Waals surface area contributed by atoms with E-state index in [1.807, 2.05) is 38.2 Å². The van der Waals surface area contributed by atoms with Gasteiger partial charge in [-0.3, -0.25) is 14.5 Å². The van der Waals surface area contributed by atoms with Gasteiger partial charge in [0.1, 0.15) is 5.60 Å². The molecule has 0 bridgehead atoms. The number of hydrogen-bond acceptors (Lipinski definition) is 5. The van der Waals surface area contributed by atoms with E-state index in [9.17, 15) is 22.8 Å². The molecule has 31 heavy (non-hydrogen) atoms. The van der Waals surface area contributed by atoms with Gasteiger partial charge in [0.15, 0.2) is 0 Å². The summed E-state index contributed by atoms with van der Waals surface area (Å²) in [6.07, 6.45) is -3.89. The molecule has 1 heterocycles. The minimum absolute atomic E-state index is 0.307. The van der Waals surface area contributed by atoms with Gasteiger partial charge < -0.3 is 15.4 Å². The van der Waals surface area contributed by atoms with Crippen LogP contribution in [0.4, 0.5) is 13.2 Å². The highest BCUT2D eigenvalue weighted by atomic mass is 19.4. The number of hydrogen-bond donors (Lipinski definition) is 2. The van der Waals surface area contributed by atoms with Gasteiger partial charge in [0, 0.05) is 32.2 Å². The van der Waals surface area contributed by atoms with Gasteiger partial charge in [-0.1, -0.05) is 31.2 Å². The van der Waals surface area contributed by atoms with Crippen molar-refractivity contribution in [1.82, 2.24) is 15.5 Å². The van der Waals surface area contributed by atoms with Crippen LogP contribution in [0.2, 0.25) is 0 Å². The Labute approximate surface area is 182 Å². The molecule has 1 aromatic rings. The molecule has 0 radical (unpaired) electrons. The van der Waals surface area contributed by atoms with E-state index in [1.54, 1.807) is 19.1 Å². The van der Waals surface area contributed by atoms with E-state index >= 15 is 0 Å². The first-order valence-corrected chi connectivity index (χ1v) is 10.4. The molecular formula is C22H34F3N3O3. The number of benzene rings is 1. The van der Waals surface area contributed by atoms with Crippen molar-refractivity contribution < 1.29 is 27.5 Å². The lowest BCUT2D eigenvalue weighted by atomic mass is 9.98. The molecule has 1 aromatic carbocycles. The number of ether oxygens (including phenoxy) is 1. The second-order valence-corrected chi connectivity index (χ2v) is 8.40. The fourth-order valence-corrected chi connectivity index (χ4v) is 3.21. The molecule has 9 heteroatoms. The van der Waals surface area contributed by atoms with Crippen LogP contribution >= 0.6 is 0 Å². The molecule has 0 aliphatic carbocycles. The molecule has 0 aromatic heterocycles. The quantitative estimate of drug-likeness (QED) is 0.653. The fraction of sp³-hybridized carbons (Fsp3) is 0.636. The van der Waals surface area contributed by atoms with Crippen LogP contribution in [0, 0.1) is 0 Å². The van der Waals surface area contributed by atoms with Gasteiger partial charge in [-0.2, -0.15) is 13.2 Å². The van der Waals surface area contributed by atoms with Gasteiger partial charge in [0.2, 0.25) is 0 Å². The Balaban J connectivity index is 0.000000592. The third-order valence-corrected chi connectivity index (χ3v) is 4.81. The van der Waals surface area contributed by atoms with E-state index in [1.165, 1.54) is 0 Å². The highest BCUT2D eigenvalue weighted by Gasteiger charge is 2.39. The molecule has 1 saturated heterocycles. The van der Waals surface area contributed by atoms with E-state index in [0.29, 0.717) is 18.1 Å². The summed E-state index contributed by atoms with van der Waals surface area (Å²) in [5.74, 6) is -1.91. The summed E-state index contributed by atoms with van der Waals surface area (Å²) in [5.41, 5.74) is 1.49. The Kier molecular flexibility index (Phi) is 10.5. The average Bonchev–Trinajstić information content (AvgIpc) is 2.69. The Bertz CT molecular complexity index is 682. The molecule has 2 rings (SSSR count). The van der Waals surface area contributed by atoms with Crippen LogP contribution in [0.15, 0.2) is 24.3 Å². The van der Waals surface area contributed by atoms with Crippen molar-refractivity contribution in [2.24, 2.45) is 0 Å². The van der Waals surface area contributed by atoms with Gasteiger partial charge in [0.05, 0.1) is 6.04 Å². The molecule has 2 N–H and O–H groups in total. The average molecular weight is 446 g/mol. The third kappa shape index (κ3) is 9.69. The summed E-state index contributed by atoms with van der Waals surface area (Å²) < 4.78 is 41.5. The highest BCUT2D eigenvalue weighted by molar-refractivity contribution is 5.82. The van der Waals surface area contributed by atoms with E-state index in [-0.39, 0.29) is 5.60 Å². The van der Waals surface area contributed by atoms with Gasteiger partial charge in [-0.15, -0.1) is 0 Å². The maximum absolute atomic E-state index is 12.3. The molecule has 1 aliphatic heterocycles. The largest absolute Gasteiger partial charge is 0.471 e. The first kappa shape index (κ1) is 26.9. The number of carbonyl (C=O) groups excluding carboxylic acids is 2. The van der Waals surface area contributed by atoms with Crippen molar-refractivity contribution in [1.29, 1.82) is 0 Å². The van der Waals surface area contributed by atoms with Crippen molar-refractivity contribution in [3.05, 3.63) is 35.4 Å². The summed E-state index contributed by atoms with van der Waals surface area (Å²) in [5, 5.41) is 5.31. The molecular weight excluding hydrogens is 411 g/mol. The monoisotopic (exact) mass is 445 g/mol. The second-order valence-electron chi connectivity index (χ2n) is 8.40. The zero-order chi connectivity index (χ0) is 23.7. The molecule has 1 amide bonds. The Hall–Kier alpha value is -2.13. The van der Waals surface area contributed by atoms with Crippen LogP contribution in [-0.4, -0.2) is 55.2 Å². The van der Waals surface area contributed by atoms with Crippen molar-refractivity contribution in [3.63, 3.8) is 0 Å². The van der Waals surface area contributed by atoms with E-state index in [0.717, 1.165) is 38.2 Å². The lowest BCUT2D eigenvalue weighted by Gasteiger charge is -2.34. The van der Waals surface area contributed by atoms with E-state index in [4.69, 9.17) is 0 Å². The zero-order valence-electron chi connectivity index (χ0n) is 18.9. The van der Waals surface area contributed by atoms with Crippen molar-refractivity contribution in [2.75, 3.05) is 26.2 Å². The molecule has 176 valence electrons. The zero-order valence-corrected chi connectivity index (χ0v) is 18.9. The fourth-order valence-electron chi connectivity index (χ4n) is 3.21. The van der Waals surface area contributed by atoms with Crippen molar-refractivity contribution in [3.8, 4) is 0 Å². The van der Waals surface area contributed by atoms with Crippen LogP contribution in [0.1, 0.15) is 64.3 Å². The van der Waals surface area contributed by atoms with Crippen LogP contribution in [-0.2, 0) is 14.3 Å². The first-order valence-electron chi connectivity index (χ1n) is 10.4.